The number of aliphatic hydroxyl groups is 2. The summed E-state index contributed by atoms with van der Waals surface area (Å²) in [6.45, 7) is 0.929. The molecule has 0 saturated heterocycles. The Labute approximate surface area is 112 Å². The molecule has 7 heteroatoms. The van der Waals surface area contributed by atoms with Crippen LogP contribution < -0.4 is 5.32 Å². The average Bonchev–Trinajstić information content (AvgIpc) is 2.72. The molecule has 0 aromatic carbocycles. The fourth-order valence-corrected chi connectivity index (χ4v) is 2.16. The fraction of sp³-hybridized carbons (Fsp3) is 0.833. The van der Waals surface area contributed by atoms with Crippen LogP contribution in [0, 0.1) is 0 Å². The molecule has 0 aromatic rings. The van der Waals surface area contributed by atoms with Crippen LogP contribution in [-0.4, -0.2) is 63.6 Å². The van der Waals surface area contributed by atoms with Crippen LogP contribution in [0.25, 0.3) is 0 Å². The van der Waals surface area contributed by atoms with Crippen molar-refractivity contribution >= 4 is 12.0 Å². The van der Waals surface area contributed by atoms with Gasteiger partial charge in [0.1, 0.15) is 0 Å². The molecule has 1 rings (SSSR count). The van der Waals surface area contributed by atoms with E-state index in [1.54, 1.807) is 0 Å². The highest BCUT2D eigenvalue weighted by Crippen LogP contribution is 2.29. The Morgan fingerprint density at radius 2 is 1.89 bits per heavy atom. The van der Waals surface area contributed by atoms with E-state index >= 15 is 0 Å². The molecule has 1 aliphatic rings. The lowest BCUT2D eigenvalue weighted by Crippen LogP contribution is -2.51. The Hall–Kier alpha value is -1.34. The molecule has 1 saturated carbocycles. The minimum Gasteiger partial charge on any atom is -0.479 e. The number of rotatable bonds is 5. The third-order valence-corrected chi connectivity index (χ3v) is 3.46. The lowest BCUT2D eigenvalue weighted by Gasteiger charge is -2.29. The summed E-state index contributed by atoms with van der Waals surface area (Å²) >= 11 is 0. The van der Waals surface area contributed by atoms with Crippen LogP contribution in [-0.2, 0) is 4.79 Å². The van der Waals surface area contributed by atoms with Gasteiger partial charge >= 0.3 is 12.0 Å². The van der Waals surface area contributed by atoms with Crippen LogP contribution in [0.2, 0.25) is 0 Å². The zero-order valence-electron chi connectivity index (χ0n) is 11.3. The van der Waals surface area contributed by atoms with Gasteiger partial charge in [0.05, 0.1) is 18.7 Å². The molecular formula is C12H22N2O5. The van der Waals surface area contributed by atoms with Crippen LogP contribution in [0.4, 0.5) is 4.79 Å². The minimum absolute atomic E-state index is 0.202. The van der Waals surface area contributed by atoms with Crippen LogP contribution >= 0.6 is 0 Å². The first-order chi connectivity index (χ1) is 8.66. The fourth-order valence-electron chi connectivity index (χ4n) is 2.16. The normalized spacial score (nSPS) is 20.6. The molecule has 1 fully saturated rings. The monoisotopic (exact) mass is 274 g/mol. The summed E-state index contributed by atoms with van der Waals surface area (Å²) in [6.07, 6.45) is 3.22. The van der Waals surface area contributed by atoms with E-state index in [4.69, 9.17) is 5.11 Å². The largest absolute Gasteiger partial charge is 0.479 e. The van der Waals surface area contributed by atoms with Crippen molar-refractivity contribution in [2.24, 2.45) is 0 Å². The molecule has 19 heavy (non-hydrogen) atoms. The quantitative estimate of drug-likeness (QED) is 0.553. The summed E-state index contributed by atoms with van der Waals surface area (Å²) in [5, 5.41) is 30.7. The van der Waals surface area contributed by atoms with E-state index in [-0.39, 0.29) is 13.1 Å². The molecule has 7 nitrogen and oxygen atoms in total. The highest BCUT2D eigenvalue weighted by Gasteiger charge is 2.34. The number of carbonyl (C=O) groups is 2. The first-order valence-corrected chi connectivity index (χ1v) is 6.33. The van der Waals surface area contributed by atoms with Crippen LogP contribution in [0.15, 0.2) is 0 Å². The number of urea groups is 1. The maximum absolute atomic E-state index is 11.7. The molecule has 0 aliphatic heterocycles. The number of nitrogens with zero attached hydrogens (tertiary/aromatic N) is 1. The molecule has 2 amide bonds. The maximum atomic E-state index is 11.7. The number of nitrogens with one attached hydrogen (secondary N) is 1. The zero-order chi connectivity index (χ0) is 14.7. The SMILES string of the molecule is CN(CC1(O)CCCC1)C(=O)NCC(C)(O)C(=O)O. The average molecular weight is 274 g/mol. The molecule has 0 heterocycles. The van der Waals surface area contributed by atoms with Crippen LogP contribution in [0.5, 0.6) is 0 Å². The molecule has 1 unspecified atom stereocenters. The summed E-state index contributed by atoms with van der Waals surface area (Å²) in [4.78, 5) is 23.7. The van der Waals surface area contributed by atoms with E-state index in [1.165, 1.54) is 11.9 Å². The number of carboxylic acid groups (broad SMARTS) is 1. The first-order valence-electron chi connectivity index (χ1n) is 6.33. The zero-order valence-corrected chi connectivity index (χ0v) is 11.3. The number of hydrogen-bond acceptors (Lipinski definition) is 4. The third kappa shape index (κ3) is 4.36. The third-order valence-electron chi connectivity index (χ3n) is 3.46. The van der Waals surface area contributed by atoms with E-state index < -0.39 is 23.2 Å². The Kier molecular flexibility index (Phi) is 4.75. The van der Waals surface area contributed by atoms with Gasteiger partial charge in [0.15, 0.2) is 5.60 Å². The molecule has 1 atom stereocenters. The number of aliphatic carboxylic acids is 1. The van der Waals surface area contributed by atoms with E-state index in [0.717, 1.165) is 19.8 Å². The second kappa shape index (κ2) is 5.75. The highest BCUT2D eigenvalue weighted by molar-refractivity contribution is 5.79. The molecule has 110 valence electrons. The highest BCUT2D eigenvalue weighted by atomic mass is 16.4. The van der Waals surface area contributed by atoms with E-state index in [0.29, 0.717) is 12.8 Å². The van der Waals surface area contributed by atoms with Crippen LogP contribution in [0.1, 0.15) is 32.6 Å². The molecule has 0 bridgehead atoms. The standard InChI is InChI=1S/C12H22N2O5/c1-11(18,9(15)16)7-13-10(17)14(2)8-12(19)5-3-4-6-12/h18-19H,3-8H2,1-2H3,(H,13,17)(H,15,16). The number of hydrogen-bond donors (Lipinski definition) is 4. The van der Waals surface area contributed by atoms with Crippen molar-refractivity contribution in [3.63, 3.8) is 0 Å². The molecule has 4 N–H and O–H groups in total. The summed E-state index contributed by atoms with van der Waals surface area (Å²) in [7, 11) is 1.53. The van der Waals surface area contributed by atoms with Gasteiger partial charge in [-0.1, -0.05) is 12.8 Å². The molecule has 0 spiro atoms. The van der Waals surface area contributed by atoms with Crippen molar-refractivity contribution < 1.29 is 24.9 Å². The van der Waals surface area contributed by atoms with Crippen molar-refractivity contribution in [1.29, 1.82) is 0 Å². The van der Waals surface area contributed by atoms with Gasteiger partial charge < -0.3 is 25.5 Å². The Bertz CT molecular complexity index is 350. The number of carboxylic acids is 1. The summed E-state index contributed by atoms with van der Waals surface area (Å²) in [5.41, 5.74) is -2.85. The number of amides is 2. The molecular weight excluding hydrogens is 252 g/mol. The van der Waals surface area contributed by atoms with Gasteiger partial charge in [0, 0.05) is 7.05 Å². The molecule has 0 radical (unpaired) electrons. The summed E-state index contributed by atoms with van der Waals surface area (Å²) in [5.74, 6) is -1.40. The van der Waals surface area contributed by atoms with E-state index in [2.05, 4.69) is 5.32 Å². The van der Waals surface area contributed by atoms with Gasteiger partial charge in [-0.05, 0) is 19.8 Å². The molecule has 0 aromatic heterocycles. The summed E-state index contributed by atoms with van der Waals surface area (Å²) < 4.78 is 0. The minimum atomic E-state index is -2.00. The van der Waals surface area contributed by atoms with E-state index in [9.17, 15) is 19.8 Å². The van der Waals surface area contributed by atoms with Gasteiger partial charge in [0.2, 0.25) is 0 Å². The van der Waals surface area contributed by atoms with Crippen molar-refractivity contribution in [3.8, 4) is 0 Å². The summed E-state index contributed by atoms with van der Waals surface area (Å²) in [6, 6.07) is -0.512. The second-order valence-corrected chi connectivity index (χ2v) is 5.53. The predicted molar refractivity (Wildman–Crippen MR) is 67.7 cm³/mol. The van der Waals surface area contributed by atoms with Gasteiger partial charge in [0.25, 0.3) is 0 Å². The maximum Gasteiger partial charge on any atom is 0.337 e. The number of carbonyl (C=O) groups excluding carboxylic acids is 1. The van der Waals surface area contributed by atoms with Crippen molar-refractivity contribution in [2.45, 2.75) is 43.8 Å². The van der Waals surface area contributed by atoms with E-state index in [1.807, 2.05) is 0 Å². The topological polar surface area (TPSA) is 110 Å². The van der Waals surface area contributed by atoms with Crippen molar-refractivity contribution in [3.05, 3.63) is 0 Å². The Balaban J connectivity index is 2.43. The van der Waals surface area contributed by atoms with Crippen molar-refractivity contribution in [2.75, 3.05) is 20.1 Å². The lowest BCUT2D eigenvalue weighted by molar-refractivity contribution is -0.155. The Morgan fingerprint density at radius 1 is 1.37 bits per heavy atom. The van der Waals surface area contributed by atoms with Gasteiger partial charge in [-0.2, -0.15) is 0 Å². The predicted octanol–water partition coefficient (Wildman–Crippen LogP) is -0.231. The van der Waals surface area contributed by atoms with Gasteiger partial charge in [-0.25, -0.2) is 9.59 Å². The second-order valence-electron chi connectivity index (χ2n) is 5.53. The smallest absolute Gasteiger partial charge is 0.337 e. The lowest BCUT2D eigenvalue weighted by atomic mass is 10.0. The van der Waals surface area contributed by atoms with Gasteiger partial charge in [-0.3, -0.25) is 0 Å². The Morgan fingerprint density at radius 3 is 2.37 bits per heavy atom. The van der Waals surface area contributed by atoms with Crippen LogP contribution in [0.3, 0.4) is 0 Å². The van der Waals surface area contributed by atoms with Crippen molar-refractivity contribution in [1.82, 2.24) is 10.2 Å². The first kappa shape index (κ1) is 15.7. The van der Waals surface area contributed by atoms with Gasteiger partial charge in [-0.15, -0.1) is 0 Å². The molecule has 1 aliphatic carbocycles. The number of likely N-dealkylation sites (N-methyl/N-ethyl adjacent to an activating group) is 1.